The van der Waals surface area contributed by atoms with Gasteiger partial charge in [-0.2, -0.15) is 0 Å². The Labute approximate surface area is 78.4 Å². The van der Waals surface area contributed by atoms with Crippen LogP contribution in [0.2, 0.25) is 0 Å². The summed E-state index contributed by atoms with van der Waals surface area (Å²) in [4.78, 5) is 4.26. The minimum Gasteiger partial charge on any atom is -0.256 e. The second-order valence-corrected chi connectivity index (χ2v) is 3.00. The summed E-state index contributed by atoms with van der Waals surface area (Å²) in [5, 5.41) is 1.04. The highest BCUT2D eigenvalue weighted by molar-refractivity contribution is 5.79. The average molecular weight is 167 g/mol. The van der Waals surface area contributed by atoms with Crippen LogP contribution in [0.15, 0.2) is 30.5 Å². The van der Waals surface area contributed by atoms with Gasteiger partial charge >= 0.3 is 0 Å². The molecule has 1 nitrogen and oxygen atoms in total. The standard InChI is InChI=1S/C12H9N/c1-3-10-7-11-6-9(2)4-5-12(11)13-8-10/h1-2,4-8H,3H2. The summed E-state index contributed by atoms with van der Waals surface area (Å²) in [5.41, 5.74) is 2.73. The molecule has 0 spiro atoms. The molecule has 62 valence electrons. The minimum atomic E-state index is 0.512. The van der Waals surface area contributed by atoms with Gasteiger partial charge in [-0.15, -0.1) is 0 Å². The molecular weight excluding hydrogens is 158 g/mol. The fourth-order valence-electron chi connectivity index (χ4n) is 1.31. The van der Waals surface area contributed by atoms with Crippen LogP contribution >= 0.6 is 0 Å². The fraction of sp³-hybridized carbons (Fsp3) is 0.0833. The first kappa shape index (κ1) is 8.24. The van der Waals surface area contributed by atoms with E-state index in [1.807, 2.05) is 24.3 Å². The monoisotopic (exact) mass is 167 g/mol. The second-order valence-electron chi connectivity index (χ2n) is 3.00. The van der Waals surface area contributed by atoms with Crippen molar-refractivity contribution >= 4 is 10.9 Å². The molecule has 0 aliphatic rings. The zero-order valence-electron chi connectivity index (χ0n) is 7.20. The number of aromatic nitrogens is 1. The zero-order valence-corrected chi connectivity index (χ0v) is 7.20. The Morgan fingerprint density at radius 3 is 2.85 bits per heavy atom. The Balaban J connectivity index is 2.68. The molecule has 2 aromatic rings. The average Bonchev–Trinajstić information content (AvgIpc) is 2.16. The van der Waals surface area contributed by atoms with Gasteiger partial charge in [0.05, 0.1) is 5.52 Å². The number of rotatable bonds is 1. The lowest BCUT2D eigenvalue weighted by atomic mass is 10.1. The van der Waals surface area contributed by atoms with Crippen molar-refractivity contribution in [3.05, 3.63) is 55.4 Å². The van der Waals surface area contributed by atoms with Crippen LogP contribution in [0.1, 0.15) is 11.1 Å². The smallest absolute Gasteiger partial charge is 0.0702 e. The first-order chi connectivity index (χ1) is 6.29. The molecule has 0 amide bonds. The largest absolute Gasteiger partial charge is 0.256 e. The normalized spacial score (nSPS) is 10.6. The van der Waals surface area contributed by atoms with E-state index in [1.165, 1.54) is 0 Å². The molecule has 1 aromatic carbocycles. The van der Waals surface area contributed by atoms with Crippen LogP contribution < -0.4 is 0 Å². The van der Waals surface area contributed by atoms with Gasteiger partial charge in [-0.05, 0) is 49.6 Å². The molecule has 0 N–H and O–H groups in total. The van der Waals surface area contributed by atoms with E-state index in [2.05, 4.69) is 4.98 Å². The summed E-state index contributed by atoms with van der Waals surface area (Å²) < 4.78 is 0. The molecule has 4 radical (unpaired) electrons. The molecule has 1 heteroatoms. The molecule has 1 heterocycles. The van der Waals surface area contributed by atoms with Crippen molar-refractivity contribution in [3.63, 3.8) is 0 Å². The van der Waals surface area contributed by atoms with E-state index < -0.39 is 0 Å². The van der Waals surface area contributed by atoms with Gasteiger partial charge in [0.1, 0.15) is 0 Å². The van der Waals surface area contributed by atoms with E-state index in [-0.39, 0.29) is 0 Å². The number of hydrogen-bond acceptors (Lipinski definition) is 1. The lowest BCUT2D eigenvalue weighted by Crippen LogP contribution is -1.85. The molecule has 0 aliphatic heterocycles. The van der Waals surface area contributed by atoms with E-state index >= 15 is 0 Å². The third-order valence-electron chi connectivity index (χ3n) is 2.00. The Bertz CT molecular complexity index is 432. The minimum absolute atomic E-state index is 0.512. The van der Waals surface area contributed by atoms with Crippen molar-refractivity contribution in [2.24, 2.45) is 0 Å². The number of hydrogen-bond donors (Lipinski definition) is 0. The van der Waals surface area contributed by atoms with Crippen LogP contribution in [-0.4, -0.2) is 4.98 Å². The van der Waals surface area contributed by atoms with Crippen molar-refractivity contribution in [1.29, 1.82) is 0 Å². The van der Waals surface area contributed by atoms with Gasteiger partial charge in [0, 0.05) is 11.6 Å². The summed E-state index contributed by atoms with van der Waals surface area (Å²) in [6.07, 6.45) is 2.30. The summed E-state index contributed by atoms with van der Waals surface area (Å²) >= 11 is 0. The Morgan fingerprint density at radius 2 is 2.08 bits per heavy atom. The molecular formula is C12H9N. The summed E-state index contributed by atoms with van der Waals surface area (Å²) in [5.74, 6) is 0. The Morgan fingerprint density at radius 1 is 1.23 bits per heavy atom. The zero-order chi connectivity index (χ0) is 9.26. The molecule has 0 bridgehead atoms. The van der Waals surface area contributed by atoms with Gasteiger partial charge in [0.2, 0.25) is 0 Å². The number of benzene rings is 1. The lowest BCUT2D eigenvalue weighted by molar-refractivity contribution is 1.22. The Kier molecular flexibility index (Phi) is 2.01. The first-order valence-electron chi connectivity index (χ1n) is 4.14. The number of fused-ring (bicyclic) bond motifs is 1. The van der Waals surface area contributed by atoms with Gasteiger partial charge in [-0.1, -0.05) is 6.07 Å². The van der Waals surface area contributed by atoms with Crippen LogP contribution in [0.25, 0.3) is 10.9 Å². The highest BCUT2D eigenvalue weighted by atomic mass is 14.6. The van der Waals surface area contributed by atoms with Gasteiger partial charge in [0.15, 0.2) is 0 Å². The van der Waals surface area contributed by atoms with Crippen molar-refractivity contribution in [3.8, 4) is 0 Å². The maximum Gasteiger partial charge on any atom is 0.0702 e. The molecule has 2 rings (SSSR count). The van der Waals surface area contributed by atoms with Gasteiger partial charge in [-0.25, -0.2) is 0 Å². The van der Waals surface area contributed by atoms with Crippen molar-refractivity contribution < 1.29 is 0 Å². The maximum absolute atomic E-state index is 5.66. The van der Waals surface area contributed by atoms with E-state index in [0.717, 1.165) is 22.0 Å². The highest BCUT2D eigenvalue weighted by Crippen LogP contribution is 2.15. The van der Waals surface area contributed by atoms with Crippen LogP contribution in [0.4, 0.5) is 0 Å². The van der Waals surface area contributed by atoms with E-state index in [9.17, 15) is 0 Å². The van der Waals surface area contributed by atoms with Gasteiger partial charge in [-0.3, -0.25) is 4.98 Å². The number of nitrogens with zero attached hydrogens (tertiary/aromatic N) is 1. The van der Waals surface area contributed by atoms with Crippen LogP contribution in [0.3, 0.4) is 0 Å². The van der Waals surface area contributed by atoms with Crippen LogP contribution in [0.5, 0.6) is 0 Å². The molecule has 0 aliphatic carbocycles. The van der Waals surface area contributed by atoms with Crippen molar-refractivity contribution in [2.45, 2.75) is 6.42 Å². The van der Waals surface area contributed by atoms with Crippen LogP contribution in [0, 0.1) is 13.8 Å². The highest BCUT2D eigenvalue weighted by Gasteiger charge is 1.96. The van der Waals surface area contributed by atoms with E-state index in [0.29, 0.717) is 6.42 Å². The molecule has 0 saturated heterocycles. The maximum atomic E-state index is 5.66. The predicted molar refractivity (Wildman–Crippen MR) is 53.1 cm³/mol. The topological polar surface area (TPSA) is 12.9 Å². The van der Waals surface area contributed by atoms with Gasteiger partial charge in [0.25, 0.3) is 0 Å². The molecule has 1 aromatic heterocycles. The SMILES string of the molecule is [CH]Cc1cnc2ccc([CH])cc2c1. The van der Waals surface area contributed by atoms with Crippen molar-refractivity contribution in [2.75, 3.05) is 0 Å². The van der Waals surface area contributed by atoms with Gasteiger partial charge < -0.3 is 0 Å². The predicted octanol–water partition coefficient (Wildman–Crippen LogP) is 2.55. The summed E-state index contributed by atoms with van der Waals surface area (Å²) in [6, 6.07) is 7.67. The van der Waals surface area contributed by atoms with E-state index in [1.54, 1.807) is 6.20 Å². The molecule has 0 unspecified atom stereocenters. The first-order valence-corrected chi connectivity index (χ1v) is 4.14. The summed E-state index contributed by atoms with van der Waals surface area (Å²) in [6.45, 7) is 11.2. The molecule has 0 atom stereocenters. The third-order valence-corrected chi connectivity index (χ3v) is 2.00. The van der Waals surface area contributed by atoms with E-state index in [4.69, 9.17) is 13.8 Å². The fourth-order valence-corrected chi connectivity index (χ4v) is 1.31. The second kappa shape index (κ2) is 3.17. The molecule has 0 fully saturated rings. The quantitative estimate of drug-likeness (QED) is 0.636. The van der Waals surface area contributed by atoms with Crippen molar-refractivity contribution in [1.82, 2.24) is 4.98 Å². The molecule has 13 heavy (non-hydrogen) atoms. The van der Waals surface area contributed by atoms with Crippen LogP contribution in [-0.2, 0) is 6.42 Å². The Hall–Kier alpha value is -1.37. The number of pyridine rings is 1. The lowest BCUT2D eigenvalue weighted by Gasteiger charge is -2.00. The molecule has 0 saturated carbocycles. The summed E-state index contributed by atoms with van der Waals surface area (Å²) in [7, 11) is 0. The third kappa shape index (κ3) is 1.55.